The summed E-state index contributed by atoms with van der Waals surface area (Å²) in [4.78, 5) is 19.7. The molecule has 0 spiro atoms. The predicted octanol–water partition coefficient (Wildman–Crippen LogP) is 4.59. The number of nitrogens with zero attached hydrogens (tertiary/aromatic N) is 3. The highest BCUT2D eigenvalue weighted by atomic mass is 16.5. The number of rotatable bonds is 6. The standard InChI is InChI=1S/C25H28N4O2/c1-17-4-2-5-18(14-17)16-31-22-7-3-6-21(15-22)25(30)29-12-10-20(11-13-29)24-26-23(27-28-24)19-8-9-19/h2-7,14-15,19-20H,8-13,16H2,1H3,(H,26,27,28). The van der Waals surface area contributed by atoms with Crippen LogP contribution in [0.2, 0.25) is 0 Å². The van der Waals surface area contributed by atoms with Gasteiger partial charge in [0.2, 0.25) is 0 Å². The van der Waals surface area contributed by atoms with Gasteiger partial charge < -0.3 is 9.64 Å². The third-order valence-corrected chi connectivity index (χ3v) is 6.20. The van der Waals surface area contributed by atoms with E-state index in [0.717, 1.165) is 48.9 Å². The van der Waals surface area contributed by atoms with Crippen molar-refractivity contribution < 1.29 is 9.53 Å². The van der Waals surface area contributed by atoms with Crippen LogP contribution < -0.4 is 4.74 Å². The Balaban J connectivity index is 1.18. The van der Waals surface area contributed by atoms with E-state index in [1.165, 1.54) is 18.4 Å². The van der Waals surface area contributed by atoms with Crippen LogP contribution in [0.15, 0.2) is 48.5 Å². The summed E-state index contributed by atoms with van der Waals surface area (Å²) in [5.41, 5.74) is 3.01. The van der Waals surface area contributed by atoms with Crippen LogP contribution in [-0.4, -0.2) is 39.1 Å². The molecule has 2 heterocycles. The number of amides is 1. The van der Waals surface area contributed by atoms with E-state index < -0.39 is 0 Å². The number of aromatic amines is 1. The van der Waals surface area contributed by atoms with Crippen LogP contribution in [0.5, 0.6) is 5.75 Å². The second-order valence-electron chi connectivity index (χ2n) is 8.73. The molecule has 0 atom stereocenters. The Morgan fingerprint density at radius 2 is 1.87 bits per heavy atom. The Morgan fingerprint density at radius 3 is 2.65 bits per heavy atom. The first-order chi connectivity index (χ1) is 15.2. The highest BCUT2D eigenvalue weighted by Crippen LogP contribution is 2.38. The molecule has 1 aromatic heterocycles. The quantitative estimate of drug-likeness (QED) is 0.638. The summed E-state index contributed by atoms with van der Waals surface area (Å²) in [6, 6.07) is 15.8. The lowest BCUT2D eigenvalue weighted by molar-refractivity contribution is 0.0710. The summed E-state index contributed by atoms with van der Waals surface area (Å²) in [6.45, 7) is 4.03. The van der Waals surface area contributed by atoms with Gasteiger partial charge in [0.15, 0.2) is 5.82 Å². The van der Waals surface area contributed by atoms with E-state index in [9.17, 15) is 4.79 Å². The van der Waals surface area contributed by atoms with Gasteiger partial charge in [-0.1, -0.05) is 35.9 Å². The largest absolute Gasteiger partial charge is 0.489 e. The van der Waals surface area contributed by atoms with Crippen molar-refractivity contribution in [3.8, 4) is 5.75 Å². The molecule has 5 rings (SSSR count). The van der Waals surface area contributed by atoms with Gasteiger partial charge in [-0.2, -0.15) is 5.10 Å². The first kappa shape index (κ1) is 19.8. The zero-order valence-corrected chi connectivity index (χ0v) is 17.9. The Morgan fingerprint density at radius 1 is 1.06 bits per heavy atom. The van der Waals surface area contributed by atoms with E-state index in [0.29, 0.717) is 24.0 Å². The predicted molar refractivity (Wildman–Crippen MR) is 118 cm³/mol. The topological polar surface area (TPSA) is 71.1 Å². The molecule has 1 aliphatic heterocycles. The molecule has 0 radical (unpaired) electrons. The summed E-state index contributed by atoms with van der Waals surface area (Å²) in [7, 11) is 0. The van der Waals surface area contributed by atoms with Crippen LogP contribution in [0, 0.1) is 6.92 Å². The summed E-state index contributed by atoms with van der Waals surface area (Å²) in [6.07, 6.45) is 4.24. The molecule has 1 aliphatic carbocycles. The van der Waals surface area contributed by atoms with Crippen molar-refractivity contribution in [2.24, 2.45) is 0 Å². The lowest BCUT2D eigenvalue weighted by Crippen LogP contribution is -2.38. The maximum atomic E-state index is 13.1. The summed E-state index contributed by atoms with van der Waals surface area (Å²) in [5.74, 6) is 3.66. The smallest absolute Gasteiger partial charge is 0.253 e. The van der Waals surface area contributed by atoms with Crippen molar-refractivity contribution in [1.82, 2.24) is 20.1 Å². The number of carbonyl (C=O) groups excluding carboxylic acids is 1. The average molecular weight is 417 g/mol. The van der Waals surface area contributed by atoms with Gasteiger partial charge in [0.1, 0.15) is 18.2 Å². The maximum absolute atomic E-state index is 13.1. The summed E-state index contributed by atoms with van der Waals surface area (Å²) >= 11 is 0. The van der Waals surface area contributed by atoms with Crippen LogP contribution in [0.1, 0.15) is 70.7 Å². The fourth-order valence-electron chi connectivity index (χ4n) is 4.22. The molecule has 6 nitrogen and oxygen atoms in total. The number of aryl methyl sites for hydroxylation is 1. The van der Waals surface area contributed by atoms with Gasteiger partial charge in [0, 0.05) is 30.5 Å². The first-order valence-corrected chi connectivity index (χ1v) is 11.2. The third kappa shape index (κ3) is 4.63. The number of H-pyrrole nitrogens is 1. The number of nitrogens with one attached hydrogen (secondary N) is 1. The van der Waals surface area contributed by atoms with Crippen molar-refractivity contribution in [2.75, 3.05) is 13.1 Å². The van der Waals surface area contributed by atoms with E-state index in [4.69, 9.17) is 9.72 Å². The van der Waals surface area contributed by atoms with Crippen molar-refractivity contribution in [3.05, 3.63) is 76.9 Å². The molecule has 0 unspecified atom stereocenters. The third-order valence-electron chi connectivity index (χ3n) is 6.20. The Hall–Kier alpha value is -3.15. The fraction of sp³-hybridized carbons (Fsp3) is 0.400. The van der Waals surface area contributed by atoms with E-state index in [1.54, 1.807) is 0 Å². The molecule has 2 aliphatic rings. The molecule has 1 saturated heterocycles. The summed E-state index contributed by atoms with van der Waals surface area (Å²) in [5, 5.41) is 7.51. The zero-order valence-electron chi connectivity index (χ0n) is 17.9. The molecule has 0 bridgehead atoms. The van der Waals surface area contributed by atoms with E-state index >= 15 is 0 Å². The summed E-state index contributed by atoms with van der Waals surface area (Å²) < 4.78 is 5.94. The van der Waals surface area contributed by atoms with E-state index in [-0.39, 0.29) is 5.91 Å². The number of carbonyl (C=O) groups is 1. The van der Waals surface area contributed by atoms with Gasteiger partial charge in [0.25, 0.3) is 5.91 Å². The highest BCUT2D eigenvalue weighted by molar-refractivity contribution is 5.94. The Bertz CT molecular complexity index is 1060. The van der Waals surface area contributed by atoms with Crippen LogP contribution in [0.25, 0.3) is 0 Å². The SMILES string of the molecule is Cc1cccc(COc2cccc(C(=O)N3CCC(c4nc(C5CC5)n[nH]4)CC3)c2)c1. The molecule has 1 amide bonds. The van der Waals surface area contributed by atoms with Gasteiger partial charge in [0.05, 0.1) is 0 Å². The minimum absolute atomic E-state index is 0.0655. The minimum Gasteiger partial charge on any atom is -0.489 e. The average Bonchev–Trinajstić information content (AvgIpc) is 3.54. The number of ether oxygens (including phenoxy) is 1. The van der Waals surface area contributed by atoms with E-state index in [2.05, 4.69) is 29.3 Å². The number of benzene rings is 2. The van der Waals surface area contributed by atoms with Crippen molar-refractivity contribution >= 4 is 5.91 Å². The molecule has 160 valence electrons. The number of likely N-dealkylation sites (tertiary alicyclic amines) is 1. The van der Waals surface area contributed by atoms with Crippen LogP contribution in [-0.2, 0) is 6.61 Å². The van der Waals surface area contributed by atoms with Crippen LogP contribution >= 0.6 is 0 Å². The van der Waals surface area contributed by atoms with Crippen LogP contribution in [0.4, 0.5) is 0 Å². The van der Waals surface area contributed by atoms with Gasteiger partial charge in [-0.3, -0.25) is 9.89 Å². The minimum atomic E-state index is 0.0655. The van der Waals surface area contributed by atoms with Crippen molar-refractivity contribution in [3.63, 3.8) is 0 Å². The van der Waals surface area contributed by atoms with Crippen molar-refractivity contribution in [1.29, 1.82) is 0 Å². The molecule has 1 N–H and O–H groups in total. The number of piperidine rings is 1. The monoisotopic (exact) mass is 416 g/mol. The lowest BCUT2D eigenvalue weighted by Gasteiger charge is -2.31. The molecular formula is C25H28N4O2. The molecular weight excluding hydrogens is 388 g/mol. The molecule has 2 aromatic carbocycles. The molecule has 31 heavy (non-hydrogen) atoms. The number of hydrogen-bond donors (Lipinski definition) is 1. The highest BCUT2D eigenvalue weighted by Gasteiger charge is 2.31. The second kappa shape index (κ2) is 8.53. The molecule has 6 heteroatoms. The Labute approximate surface area is 182 Å². The molecule has 1 saturated carbocycles. The lowest BCUT2D eigenvalue weighted by atomic mass is 9.95. The molecule has 3 aromatic rings. The maximum Gasteiger partial charge on any atom is 0.253 e. The number of aromatic nitrogens is 3. The van der Waals surface area contributed by atoms with Crippen LogP contribution in [0.3, 0.4) is 0 Å². The Kier molecular flexibility index (Phi) is 5.45. The fourth-order valence-corrected chi connectivity index (χ4v) is 4.22. The van der Waals surface area contributed by atoms with Gasteiger partial charge >= 0.3 is 0 Å². The van der Waals surface area contributed by atoms with Crippen molar-refractivity contribution in [2.45, 2.75) is 51.0 Å². The number of hydrogen-bond acceptors (Lipinski definition) is 4. The zero-order chi connectivity index (χ0) is 21.2. The van der Waals surface area contributed by atoms with Gasteiger partial charge in [-0.05, 0) is 56.4 Å². The molecule has 2 fully saturated rings. The first-order valence-electron chi connectivity index (χ1n) is 11.2. The van der Waals surface area contributed by atoms with Gasteiger partial charge in [-0.25, -0.2) is 4.98 Å². The van der Waals surface area contributed by atoms with E-state index in [1.807, 2.05) is 41.3 Å². The second-order valence-corrected chi connectivity index (χ2v) is 8.73. The normalized spacial score (nSPS) is 17.0. The van der Waals surface area contributed by atoms with Gasteiger partial charge in [-0.15, -0.1) is 0 Å².